The first kappa shape index (κ1) is 21.4. The van der Waals surface area contributed by atoms with E-state index in [4.69, 9.17) is 4.43 Å². The van der Waals surface area contributed by atoms with Crippen molar-refractivity contribution in [3.63, 3.8) is 0 Å². The van der Waals surface area contributed by atoms with Crippen molar-refractivity contribution < 1.29 is 9.22 Å². The molecule has 0 aliphatic heterocycles. The van der Waals surface area contributed by atoms with Crippen LogP contribution in [0, 0.1) is 0 Å². The van der Waals surface area contributed by atoms with Gasteiger partial charge in [0.1, 0.15) is 0 Å². The summed E-state index contributed by atoms with van der Waals surface area (Å²) in [4.78, 5) is 15.2. The molecule has 0 aliphatic carbocycles. The number of nitrogens with zero attached hydrogens (tertiary/aromatic N) is 1. The number of amides is 1. The highest BCUT2D eigenvalue weighted by Gasteiger charge is 2.33. The number of benzene rings is 2. The van der Waals surface area contributed by atoms with E-state index in [-0.39, 0.29) is 24.0 Å². The highest BCUT2D eigenvalue weighted by molar-refractivity contribution is 6.69. The number of carbonyl (C=O) groups excluding carboxylic acids is 1. The molecule has 3 atom stereocenters. The number of rotatable bonds is 8. The van der Waals surface area contributed by atoms with E-state index in [1.54, 1.807) is 0 Å². The summed E-state index contributed by atoms with van der Waals surface area (Å²) in [5.74, 6) is 0.0262. The molecule has 1 unspecified atom stereocenters. The van der Waals surface area contributed by atoms with E-state index in [1.807, 2.05) is 60.5 Å². The van der Waals surface area contributed by atoms with E-state index in [2.05, 4.69) is 45.6 Å². The number of hydrogen-bond acceptors (Lipinski definition) is 2. The molecule has 2 aromatic rings. The SMILES string of the molecule is CCC(C(=O)N(C)[C@H](C)[C@H](O[Si](C)(C)C)c1ccccc1)c1ccccc1. The van der Waals surface area contributed by atoms with Gasteiger partial charge in [0.25, 0.3) is 0 Å². The van der Waals surface area contributed by atoms with Gasteiger partial charge >= 0.3 is 0 Å². The van der Waals surface area contributed by atoms with Crippen LogP contribution < -0.4 is 0 Å². The number of likely N-dealkylation sites (N-methyl/N-ethyl adjacent to an activating group) is 1. The predicted octanol–water partition coefficient (Wildman–Crippen LogP) is 5.62. The standard InChI is InChI=1S/C23H33NO2Si/c1-7-21(19-14-10-8-11-15-19)23(25)24(3)18(2)22(26-27(4,5)6)20-16-12-9-13-17-20/h8-18,21-22H,7H2,1-6H3/t18-,21?,22+/m1/s1. The average molecular weight is 384 g/mol. The monoisotopic (exact) mass is 383 g/mol. The smallest absolute Gasteiger partial charge is 0.230 e. The Morgan fingerprint density at radius 1 is 0.963 bits per heavy atom. The van der Waals surface area contributed by atoms with Crippen molar-refractivity contribution in [2.75, 3.05) is 7.05 Å². The lowest BCUT2D eigenvalue weighted by molar-refractivity contribution is -0.135. The summed E-state index contributed by atoms with van der Waals surface area (Å²) in [6, 6.07) is 20.3. The van der Waals surface area contributed by atoms with Gasteiger partial charge in [-0.2, -0.15) is 0 Å². The van der Waals surface area contributed by atoms with Gasteiger partial charge < -0.3 is 9.33 Å². The summed E-state index contributed by atoms with van der Waals surface area (Å²) < 4.78 is 6.52. The van der Waals surface area contributed by atoms with Crippen LogP contribution in [-0.4, -0.2) is 32.2 Å². The Morgan fingerprint density at radius 2 is 1.44 bits per heavy atom. The fourth-order valence-corrected chi connectivity index (χ4v) is 4.45. The van der Waals surface area contributed by atoms with Crippen molar-refractivity contribution in [3.8, 4) is 0 Å². The van der Waals surface area contributed by atoms with Crippen LogP contribution in [0.5, 0.6) is 0 Å². The Kier molecular flexibility index (Phi) is 7.39. The maximum absolute atomic E-state index is 13.3. The first-order valence-corrected chi connectivity index (χ1v) is 13.2. The molecule has 0 aliphatic rings. The third-order valence-corrected chi connectivity index (χ3v) is 5.87. The van der Waals surface area contributed by atoms with E-state index in [9.17, 15) is 4.79 Å². The summed E-state index contributed by atoms with van der Waals surface area (Å²) in [6.07, 6.45) is 0.658. The molecular formula is C23H33NO2Si. The van der Waals surface area contributed by atoms with Crippen molar-refractivity contribution in [2.24, 2.45) is 0 Å². The summed E-state index contributed by atoms with van der Waals surface area (Å²) in [5, 5.41) is 0. The van der Waals surface area contributed by atoms with E-state index in [0.29, 0.717) is 0 Å². The van der Waals surface area contributed by atoms with E-state index in [1.165, 1.54) is 0 Å². The third-order valence-electron chi connectivity index (χ3n) is 4.91. The topological polar surface area (TPSA) is 29.5 Å². The molecular weight excluding hydrogens is 350 g/mol. The highest BCUT2D eigenvalue weighted by Crippen LogP contribution is 2.30. The van der Waals surface area contributed by atoms with Crippen molar-refractivity contribution >= 4 is 14.2 Å². The summed E-state index contributed by atoms with van der Waals surface area (Å²) >= 11 is 0. The molecule has 0 spiro atoms. The van der Waals surface area contributed by atoms with Gasteiger partial charge in [0.2, 0.25) is 5.91 Å². The first-order valence-electron chi connectivity index (χ1n) is 9.79. The lowest BCUT2D eigenvalue weighted by Gasteiger charge is -2.37. The molecule has 2 rings (SSSR count). The molecule has 0 saturated heterocycles. The van der Waals surface area contributed by atoms with Crippen LogP contribution in [0.3, 0.4) is 0 Å². The summed E-state index contributed by atoms with van der Waals surface area (Å²) in [6.45, 7) is 10.7. The Bertz CT molecular complexity index is 712. The Labute approximate surface area is 165 Å². The van der Waals surface area contributed by atoms with Gasteiger partial charge in [0.15, 0.2) is 8.32 Å². The van der Waals surface area contributed by atoms with Crippen molar-refractivity contribution in [1.29, 1.82) is 0 Å². The minimum atomic E-state index is -1.78. The maximum atomic E-state index is 13.3. The predicted molar refractivity (Wildman–Crippen MR) is 115 cm³/mol. The van der Waals surface area contributed by atoms with Gasteiger partial charge in [0, 0.05) is 7.05 Å². The molecule has 27 heavy (non-hydrogen) atoms. The molecule has 2 aromatic carbocycles. The Hall–Kier alpha value is -1.91. The normalized spacial score (nSPS) is 15.0. The van der Waals surface area contributed by atoms with E-state index < -0.39 is 8.32 Å². The molecule has 0 aromatic heterocycles. The number of carbonyl (C=O) groups is 1. The zero-order valence-corrected chi connectivity index (χ0v) is 18.5. The van der Waals surface area contributed by atoms with E-state index in [0.717, 1.165) is 17.5 Å². The first-order chi connectivity index (χ1) is 12.7. The molecule has 146 valence electrons. The van der Waals surface area contributed by atoms with Gasteiger partial charge in [-0.05, 0) is 44.1 Å². The minimum absolute atomic E-state index is 0.0515. The van der Waals surface area contributed by atoms with Crippen LogP contribution in [-0.2, 0) is 9.22 Å². The molecule has 0 radical (unpaired) electrons. The van der Waals surface area contributed by atoms with Crippen molar-refractivity contribution in [1.82, 2.24) is 4.90 Å². The fraction of sp³-hybridized carbons (Fsp3) is 0.435. The van der Waals surface area contributed by atoms with Gasteiger partial charge in [-0.25, -0.2) is 0 Å². The summed E-state index contributed by atoms with van der Waals surface area (Å²) in [5.41, 5.74) is 2.20. The quantitative estimate of drug-likeness (QED) is 0.554. The molecule has 0 bridgehead atoms. The average Bonchev–Trinajstić information content (AvgIpc) is 2.66. The van der Waals surface area contributed by atoms with Gasteiger partial charge in [-0.1, -0.05) is 67.6 Å². The van der Waals surface area contributed by atoms with Gasteiger partial charge in [-0.3, -0.25) is 4.79 Å². The van der Waals surface area contributed by atoms with Crippen LogP contribution in [0.25, 0.3) is 0 Å². The van der Waals surface area contributed by atoms with Crippen molar-refractivity contribution in [3.05, 3.63) is 71.8 Å². The van der Waals surface area contributed by atoms with Crippen LogP contribution in [0.1, 0.15) is 43.4 Å². The largest absolute Gasteiger partial charge is 0.409 e. The van der Waals surface area contributed by atoms with Crippen LogP contribution in [0.4, 0.5) is 0 Å². The van der Waals surface area contributed by atoms with E-state index >= 15 is 0 Å². The molecule has 0 fully saturated rings. The second-order valence-electron chi connectivity index (χ2n) is 8.12. The van der Waals surface area contributed by atoms with Gasteiger partial charge in [-0.15, -0.1) is 0 Å². The van der Waals surface area contributed by atoms with Crippen molar-refractivity contribution in [2.45, 2.75) is 58.0 Å². The lowest BCUT2D eigenvalue weighted by Crippen LogP contribution is -2.44. The lowest BCUT2D eigenvalue weighted by atomic mass is 9.93. The third kappa shape index (κ3) is 5.78. The number of hydrogen-bond donors (Lipinski definition) is 0. The molecule has 0 saturated carbocycles. The second kappa shape index (κ2) is 9.33. The summed E-state index contributed by atoms with van der Waals surface area (Å²) in [7, 11) is 0.121. The zero-order chi connectivity index (χ0) is 20.0. The molecule has 4 heteroatoms. The molecule has 1 amide bonds. The molecule has 3 nitrogen and oxygen atoms in total. The molecule has 0 heterocycles. The Morgan fingerprint density at radius 3 is 1.89 bits per heavy atom. The molecule has 0 N–H and O–H groups in total. The maximum Gasteiger partial charge on any atom is 0.230 e. The fourth-order valence-electron chi connectivity index (χ4n) is 3.36. The van der Waals surface area contributed by atoms with Gasteiger partial charge in [0.05, 0.1) is 18.1 Å². The van der Waals surface area contributed by atoms with Crippen LogP contribution in [0.15, 0.2) is 60.7 Å². The Balaban J connectivity index is 2.27. The second-order valence-corrected chi connectivity index (χ2v) is 12.6. The zero-order valence-electron chi connectivity index (χ0n) is 17.5. The highest BCUT2D eigenvalue weighted by atomic mass is 28.4. The minimum Gasteiger partial charge on any atom is -0.409 e. The van der Waals surface area contributed by atoms with Crippen LogP contribution in [0.2, 0.25) is 19.6 Å². The van der Waals surface area contributed by atoms with Crippen LogP contribution >= 0.6 is 0 Å².